The molecule has 0 radical (unpaired) electrons. The highest BCUT2D eigenvalue weighted by Crippen LogP contribution is 2.29. The van der Waals surface area contributed by atoms with E-state index < -0.39 is 0 Å². The van der Waals surface area contributed by atoms with Gasteiger partial charge in [-0.1, -0.05) is 13.3 Å². The second-order valence-electron chi connectivity index (χ2n) is 3.04. The van der Waals surface area contributed by atoms with E-state index in [4.69, 9.17) is 5.11 Å². The number of nitrogens with one attached hydrogen (secondary N) is 1. The first kappa shape index (κ1) is 8.02. The predicted octanol–water partition coefficient (Wildman–Crippen LogP) is 0.757. The van der Waals surface area contributed by atoms with Crippen LogP contribution in [0.1, 0.15) is 26.2 Å². The molecule has 60 valence electrons. The van der Waals surface area contributed by atoms with Gasteiger partial charge < -0.3 is 10.4 Å². The minimum Gasteiger partial charge on any atom is -0.395 e. The van der Waals surface area contributed by atoms with Gasteiger partial charge in [-0.3, -0.25) is 0 Å². The summed E-state index contributed by atoms with van der Waals surface area (Å²) < 4.78 is 0. The van der Waals surface area contributed by atoms with Crippen LogP contribution in [0, 0.1) is 5.92 Å². The van der Waals surface area contributed by atoms with Gasteiger partial charge in [-0.05, 0) is 25.3 Å². The minimum atomic E-state index is 0.304. The van der Waals surface area contributed by atoms with Crippen LogP contribution in [-0.2, 0) is 0 Å². The third-order valence-corrected chi connectivity index (χ3v) is 2.38. The molecule has 1 rings (SSSR count). The van der Waals surface area contributed by atoms with E-state index in [1.54, 1.807) is 0 Å². The second kappa shape index (κ2) is 3.94. The highest BCUT2D eigenvalue weighted by atomic mass is 16.3. The maximum absolute atomic E-state index is 8.93. The third-order valence-electron chi connectivity index (χ3n) is 2.38. The van der Waals surface area contributed by atoms with Crippen molar-refractivity contribution in [3.8, 4) is 0 Å². The first-order valence-electron chi connectivity index (χ1n) is 4.22. The molecule has 0 saturated heterocycles. The molecule has 1 aliphatic carbocycles. The summed E-state index contributed by atoms with van der Waals surface area (Å²) in [6.45, 7) is 3.36. The average molecular weight is 143 g/mol. The van der Waals surface area contributed by atoms with E-state index in [0.717, 1.165) is 12.5 Å². The van der Waals surface area contributed by atoms with Gasteiger partial charge in [0, 0.05) is 6.04 Å². The molecule has 2 N–H and O–H groups in total. The number of likely N-dealkylation sites (N-methyl/N-ethyl adjacent to an activating group) is 1. The molecule has 0 amide bonds. The van der Waals surface area contributed by atoms with E-state index in [2.05, 4.69) is 12.2 Å². The topological polar surface area (TPSA) is 32.3 Å². The minimum absolute atomic E-state index is 0.304. The molecule has 2 heteroatoms. The van der Waals surface area contributed by atoms with Gasteiger partial charge in [-0.15, -0.1) is 0 Å². The van der Waals surface area contributed by atoms with Crippen molar-refractivity contribution in [1.82, 2.24) is 5.32 Å². The lowest BCUT2D eigenvalue weighted by Crippen LogP contribution is -2.42. The smallest absolute Gasteiger partial charge is 0.0587 e. The highest BCUT2D eigenvalue weighted by molar-refractivity contribution is 4.81. The summed E-state index contributed by atoms with van der Waals surface area (Å²) >= 11 is 0. The number of rotatable bonds is 4. The van der Waals surface area contributed by atoms with Crippen LogP contribution in [0.4, 0.5) is 0 Å². The number of hydrogen-bond donors (Lipinski definition) is 2. The van der Waals surface area contributed by atoms with Crippen LogP contribution in [0.15, 0.2) is 0 Å². The standard InChI is InChI=1S/C8H17NO/c1-2-9-8(6-10)7-4-3-5-7/h7-10H,2-6H2,1H3/t8-/m1/s1. The summed E-state index contributed by atoms with van der Waals surface area (Å²) in [6, 6.07) is 0.374. The number of aliphatic hydroxyl groups excluding tert-OH is 1. The molecule has 0 aromatic carbocycles. The van der Waals surface area contributed by atoms with Crippen LogP contribution in [0.2, 0.25) is 0 Å². The summed E-state index contributed by atoms with van der Waals surface area (Å²) in [4.78, 5) is 0. The zero-order valence-electron chi connectivity index (χ0n) is 6.64. The van der Waals surface area contributed by atoms with Crippen molar-refractivity contribution in [1.29, 1.82) is 0 Å². The number of hydrogen-bond acceptors (Lipinski definition) is 2. The molecule has 1 atom stereocenters. The summed E-state index contributed by atoms with van der Waals surface area (Å²) in [5.41, 5.74) is 0. The Bertz CT molecular complexity index is 91.3. The Balaban J connectivity index is 2.17. The van der Waals surface area contributed by atoms with Gasteiger partial charge >= 0.3 is 0 Å². The zero-order chi connectivity index (χ0) is 7.40. The molecule has 0 spiro atoms. The fourth-order valence-corrected chi connectivity index (χ4v) is 1.48. The van der Waals surface area contributed by atoms with Crippen molar-refractivity contribution in [2.24, 2.45) is 5.92 Å². The average Bonchev–Trinajstić information content (AvgIpc) is 1.83. The first-order chi connectivity index (χ1) is 4.88. The Kier molecular flexibility index (Phi) is 3.16. The third kappa shape index (κ3) is 1.70. The maximum atomic E-state index is 8.93. The van der Waals surface area contributed by atoms with Crippen molar-refractivity contribution >= 4 is 0 Å². The second-order valence-corrected chi connectivity index (χ2v) is 3.04. The van der Waals surface area contributed by atoms with Crippen molar-refractivity contribution < 1.29 is 5.11 Å². The van der Waals surface area contributed by atoms with Gasteiger partial charge in [-0.25, -0.2) is 0 Å². The molecule has 10 heavy (non-hydrogen) atoms. The van der Waals surface area contributed by atoms with Crippen molar-refractivity contribution in [2.75, 3.05) is 13.2 Å². The lowest BCUT2D eigenvalue weighted by Gasteiger charge is -2.32. The molecule has 0 unspecified atom stereocenters. The molecule has 2 nitrogen and oxygen atoms in total. The van der Waals surface area contributed by atoms with Crippen LogP contribution in [0.5, 0.6) is 0 Å². The summed E-state index contributed by atoms with van der Waals surface area (Å²) in [5, 5.41) is 12.2. The maximum Gasteiger partial charge on any atom is 0.0587 e. The summed E-state index contributed by atoms with van der Waals surface area (Å²) in [6.07, 6.45) is 3.96. The predicted molar refractivity (Wildman–Crippen MR) is 41.9 cm³/mol. The zero-order valence-corrected chi connectivity index (χ0v) is 6.64. The largest absolute Gasteiger partial charge is 0.395 e. The fourth-order valence-electron chi connectivity index (χ4n) is 1.48. The molecule has 0 aromatic heterocycles. The molecule has 0 bridgehead atoms. The first-order valence-corrected chi connectivity index (χ1v) is 4.22. The van der Waals surface area contributed by atoms with Gasteiger partial charge in [0.25, 0.3) is 0 Å². The van der Waals surface area contributed by atoms with Gasteiger partial charge in [0.1, 0.15) is 0 Å². The summed E-state index contributed by atoms with van der Waals surface area (Å²) in [7, 11) is 0. The quantitative estimate of drug-likeness (QED) is 0.609. The van der Waals surface area contributed by atoms with E-state index in [1.165, 1.54) is 19.3 Å². The fraction of sp³-hybridized carbons (Fsp3) is 1.00. The van der Waals surface area contributed by atoms with E-state index in [-0.39, 0.29) is 0 Å². The van der Waals surface area contributed by atoms with Crippen LogP contribution in [0.25, 0.3) is 0 Å². The normalized spacial score (nSPS) is 22.2. The van der Waals surface area contributed by atoms with Crippen LogP contribution < -0.4 is 5.32 Å². The summed E-state index contributed by atoms with van der Waals surface area (Å²) in [5.74, 6) is 0.755. The Hall–Kier alpha value is -0.0800. The molecule has 1 aliphatic rings. The molecular formula is C8H17NO. The lowest BCUT2D eigenvalue weighted by molar-refractivity contribution is 0.151. The van der Waals surface area contributed by atoms with Crippen LogP contribution >= 0.6 is 0 Å². The van der Waals surface area contributed by atoms with E-state index >= 15 is 0 Å². The van der Waals surface area contributed by atoms with Crippen molar-refractivity contribution in [3.63, 3.8) is 0 Å². The van der Waals surface area contributed by atoms with Crippen molar-refractivity contribution in [3.05, 3.63) is 0 Å². The molecule has 1 fully saturated rings. The van der Waals surface area contributed by atoms with Crippen molar-refractivity contribution in [2.45, 2.75) is 32.2 Å². The van der Waals surface area contributed by atoms with E-state index in [0.29, 0.717) is 12.6 Å². The van der Waals surface area contributed by atoms with E-state index in [1.807, 2.05) is 0 Å². The van der Waals surface area contributed by atoms with Crippen LogP contribution in [-0.4, -0.2) is 24.3 Å². The lowest BCUT2D eigenvalue weighted by atomic mass is 9.80. The SMILES string of the molecule is CCN[C@H](CO)C1CCC1. The molecule has 0 heterocycles. The van der Waals surface area contributed by atoms with Gasteiger partial charge in [0.2, 0.25) is 0 Å². The number of aliphatic hydroxyl groups is 1. The molecular weight excluding hydrogens is 126 g/mol. The van der Waals surface area contributed by atoms with Gasteiger partial charge in [0.15, 0.2) is 0 Å². The Morgan fingerprint density at radius 2 is 2.30 bits per heavy atom. The highest BCUT2D eigenvalue weighted by Gasteiger charge is 2.25. The Labute approximate surface area is 62.6 Å². The van der Waals surface area contributed by atoms with Gasteiger partial charge in [0.05, 0.1) is 6.61 Å². The monoisotopic (exact) mass is 143 g/mol. The Morgan fingerprint density at radius 1 is 1.60 bits per heavy atom. The molecule has 1 saturated carbocycles. The molecule has 0 aromatic rings. The van der Waals surface area contributed by atoms with E-state index in [9.17, 15) is 0 Å². The van der Waals surface area contributed by atoms with Gasteiger partial charge in [-0.2, -0.15) is 0 Å². The Morgan fingerprint density at radius 3 is 2.60 bits per heavy atom. The van der Waals surface area contributed by atoms with Crippen LogP contribution in [0.3, 0.4) is 0 Å². The molecule has 0 aliphatic heterocycles.